The van der Waals surface area contributed by atoms with Crippen LogP contribution in [0, 0.1) is 11.3 Å². The van der Waals surface area contributed by atoms with Crippen molar-refractivity contribution >= 4 is 5.69 Å². The van der Waals surface area contributed by atoms with Crippen molar-refractivity contribution in [2.45, 2.75) is 20.0 Å². The van der Waals surface area contributed by atoms with E-state index in [4.69, 9.17) is 0 Å². The van der Waals surface area contributed by atoms with Crippen molar-refractivity contribution in [1.29, 1.82) is 5.26 Å². The molecule has 0 fully saturated rings. The van der Waals surface area contributed by atoms with Crippen molar-refractivity contribution in [2.24, 2.45) is 7.05 Å². The molecule has 1 N–H and O–H groups in total. The summed E-state index contributed by atoms with van der Waals surface area (Å²) in [7, 11) is 3.95. The fourth-order valence-corrected chi connectivity index (χ4v) is 2.23. The van der Waals surface area contributed by atoms with Crippen LogP contribution in [0.1, 0.15) is 23.9 Å². The molecule has 0 unspecified atom stereocenters. The molecular weight excluding hydrogens is 262 g/mol. The van der Waals surface area contributed by atoms with Gasteiger partial charge in [0.1, 0.15) is 11.9 Å². The molecule has 1 aromatic heterocycles. The van der Waals surface area contributed by atoms with Gasteiger partial charge in [0.2, 0.25) is 0 Å². The average Bonchev–Trinajstić information content (AvgIpc) is 2.89. The number of anilines is 1. The minimum atomic E-state index is 0.671. The highest BCUT2D eigenvalue weighted by Crippen LogP contribution is 2.21. The third kappa shape index (κ3) is 3.61. The quantitative estimate of drug-likeness (QED) is 0.881. The summed E-state index contributed by atoms with van der Waals surface area (Å²) in [5, 5.41) is 12.7. The van der Waals surface area contributed by atoms with Crippen molar-refractivity contribution in [1.82, 2.24) is 14.9 Å². The van der Waals surface area contributed by atoms with Gasteiger partial charge in [-0.1, -0.05) is 13.0 Å². The highest BCUT2D eigenvalue weighted by molar-refractivity contribution is 5.60. The summed E-state index contributed by atoms with van der Waals surface area (Å²) in [5.41, 5.74) is 2.76. The molecule has 0 amide bonds. The molecule has 1 aromatic carbocycles. The zero-order chi connectivity index (χ0) is 15.2. The topological polar surface area (TPSA) is 56.9 Å². The van der Waals surface area contributed by atoms with Crippen LogP contribution in [0.5, 0.6) is 0 Å². The molecule has 0 aliphatic carbocycles. The normalized spacial score (nSPS) is 10.4. The van der Waals surface area contributed by atoms with Crippen LogP contribution in [0.3, 0.4) is 0 Å². The minimum Gasteiger partial charge on any atom is -0.366 e. The molecular formula is C16H21N5. The van der Waals surface area contributed by atoms with Gasteiger partial charge in [-0.15, -0.1) is 0 Å². The summed E-state index contributed by atoms with van der Waals surface area (Å²) in [6, 6.07) is 8.31. The van der Waals surface area contributed by atoms with Crippen LogP contribution in [0.2, 0.25) is 0 Å². The van der Waals surface area contributed by atoms with Crippen LogP contribution >= 0.6 is 0 Å². The molecule has 0 saturated heterocycles. The molecule has 5 nitrogen and oxygen atoms in total. The standard InChI is InChI=1S/C16H21N5/c1-4-18-11-13-5-6-15(14(9-13)10-17)21(3)12-16-19-7-8-20(16)2/h5-9,18H,4,11-12H2,1-3H3. The molecule has 0 spiro atoms. The predicted molar refractivity (Wildman–Crippen MR) is 83.9 cm³/mol. The molecule has 0 saturated carbocycles. The third-order valence-corrected chi connectivity index (χ3v) is 3.47. The summed E-state index contributed by atoms with van der Waals surface area (Å²) in [4.78, 5) is 6.38. The fourth-order valence-electron chi connectivity index (χ4n) is 2.23. The zero-order valence-electron chi connectivity index (χ0n) is 12.8. The van der Waals surface area contributed by atoms with Crippen molar-refractivity contribution in [3.8, 4) is 6.07 Å². The van der Waals surface area contributed by atoms with Crippen LogP contribution in [0.25, 0.3) is 0 Å². The second kappa shape index (κ2) is 6.91. The Morgan fingerprint density at radius 1 is 1.43 bits per heavy atom. The number of imidazole rings is 1. The first kappa shape index (κ1) is 15.1. The van der Waals surface area contributed by atoms with E-state index in [1.807, 2.05) is 37.0 Å². The average molecular weight is 283 g/mol. The van der Waals surface area contributed by atoms with Crippen LogP contribution in [-0.4, -0.2) is 23.1 Å². The molecule has 2 aromatic rings. The Morgan fingerprint density at radius 2 is 2.24 bits per heavy atom. The number of hydrogen-bond acceptors (Lipinski definition) is 4. The van der Waals surface area contributed by atoms with Crippen molar-refractivity contribution in [2.75, 3.05) is 18.5 Å². The zero-order valence-corrected chi connectivity index (χ0v) is 12.8. The van der Waals surface area contributed by atoms with Gasteiger partial charge in [-0.25, -0.2) is 4.98 Å². The monoisotopic (exact) mass is 283 g/mol. The number of nitriles is 1. The summed E-state index contributed by atoms with van der Waals surface area (Å²) in [6.07, 6.45) is 3.71. The SMILES string of the molecule is CCNCc1ccc(N(C)Cc2nccn2C)c(C#N)c1. The van der Waals surface area contributed by atoms with Crippen LogP contribution in [0.15, 0.2) is 30.6 Å². The highest BCUT2D eigenvalue weighted by Gasteiger charge is 2.11. The largest absolute Gasteiger partial charge is 0.366 e. The van der Waals surface area contributed by atoms with E-state index >= 15 is 0 Å². The fraction of sp³-hybridized carbons (Fsp3) is 0.375. The Morgan fingerprint density at radius 3 is 2.86 bits per heavy atom. The van der Waals surface area contributed by atoms with E-state index in [-0.39, 0.29) is 0 Å². The molecule has 0 atom stereocenters. The third-order valence-electron chi connectivity index (χ3n) is 3.47. The number of nitrogens with one attached hydrogen (secondary N) is 1. The van der Waals surface area contributed by atoms with Crippen molar-refractivity contribution < 1.29 is 0 Å². The van der Waals surface area contributed by atoms with Gasteiger partial charge in [-0.3, -0.25) is 0 Å². The van der Waals surface area contributed by atoms with Gasteiger partial charge in [-0.2, -0.15) is 5.26 Å². The van der Waals surface area contributed by atoms with E-state index in [0.29, 0.717) is 12.1 Å². The first-order valence-electron chi connectivity index (χ1n) is 7.06. The first-order valence-corrected chi connectivity index (χ1v) is 7.06. The van der Waals surface area contributed by atoms with E-state index in [1.54, 1.807) is 6.20 Å². The summed E-state index contributed by atoms with van der Waals surface area (Å²) in [5.74, 6) is 0.970. The van der Waals surface area contributed by atoms with Crippen LogP contribution < -0.4 is 10.2 Å². The maximum atomic E-state index is 9.38. The number of aromatic nitrogens is 2. The van der Waals surface area contributed by atoms with E-state index < -0.39 is 0 Å². The molecule has 1 heterocycles. The highest BCUT2D eigenvalue weighted by atomic mass is 15.2. The Balaban J connectivity index is 2.19. The lowest BCUT2D eigenvalue weighted by molar-refractivity contribution is 0.726. The lowest BCUT2D eigenvalue weighted by Crippen LogP contribution is -2.20. The van der Waals surface area contributed by atoms with Crippen molar-refractivity contribution in [3.05, 3.63) is 47.5 Å². The Labute approximate surface area is 125 Å². The molecule has 2 rings (SSSR count). The van der Waals surface area contributed by atoms with Gasteiger partial charge in [0.25, 0.3) is 0 Å². The minimum absolute atomic E-state index is 0.671. The van der Waals surface area contributed by atoms with E-state index in [2.05, 4.69) is 34.3 Å². The van der Waals surface area contributed by atoms with Crippen molar-refractivity contribution in [3.63, 3.8) is 0 Å². The maximum absolute atomic E-state index is 9.38. The second-order valence-electron chi connectivity index (χ2n) is 5.05. The molecule has 5 heteroatoms. The molecule has 0 radical (unpaired) electrons. The Hall–Kier alpha value is -2.32. The van der Waals surface area contributed by atoms with Gasteiger partial charge in [0.05, 0.1) is 17.8 Å². The number of hydrogen-bond donors (Lipinski definition) is 1. The Bertz CT molecular complexity index is 638. The number of benzene rings is 1. The molecule has 0 aliphatic heterocycles. The number of nitrogens with zero attached hydrogens (tertiary/aromatic N) is 4. The van der Waals surface area contributed by atoms with Gasteiger partial charge in [0, 0.05) is 33.0 Å². The number of aryl methyl sites for hydroxylation is 1. The number of rotatable bonds is 6. The molecule has 0 bridgehead atoms. The summed E-state index contributed by atoms with van der Waals surface area (Å²) in [6.45, 7) is 4.45. The van der Waals surface area contributed by atoms with Crippen LogP contribution in [0.4, 0.5) is 5.69 Å². The predicted octanol–water partition coefficient (Wildman–Crippen LogP) is 2.04. The second-order valence-corrected chi connectivity index (χ2v) is 5.05. The smallest absolute Gasteiger partial charge is 0.127 e. The lowest BCUT2D eigenvalue weighted by Gasteiger charge is -2.20. The first-order chi connectivity index (χ1) is 10.2. The van der Waals surface area contributed by atoms with E-state index in [9.17, 15) is 5.26 Å². The Kier molecular flexibility index (Phi) is 4.96. The molecule has 110 valence electrons. The summed E-state index contributed by atoms with van der Waals surface area (Å²) >= 11 is 0. The van der Waals surface area contributed by atoms with Gasteiger partial charge < -0.3 is 14.8 Å². The molecule has 0 aliphatic rings. The lowest BCUT2D eigenvalue weighted by atomic mass is 10.1. The summed E-state index contributed by atoms with van der Waals surface area (Å²) < 4.78 is 1.99. The van der Waals surface area contributed by atoms with Crippen LogP contribution in [-0.2, 0) is 20.1 Å². The van der Waals surface area contributed by atoms with Gasteiger partial charge in [0.15, 0.2) is 0 Å². The van der Waals surface area contributed by atoms with E-state index in [1.165, 1.54) is 0 Å². The maximum Gasteiger partial charge on any atom is 0.127 e. The van der Waals surface area contributed by atoms with E-state index in [0.717, 1.165) is 30.2 Å². The van der Waals surface area contributed by atoms with Gasteiger partial charge in [-0.05, 0) is 24.2 Å². The van der Waals surface area contributed by atoms with Gasteiger partial charge >= 0.3 is 0 Å². The molecule has 21 heavy (non-hydrogen) atoms.